The molecule has 2 aromatic carbocycles. The number of phenolic OH excluding ortho intramolecular Hbond substituents is 1. The summed E-state index contributed by atoms with van der Waals surface area (Å²) in [6.45, 7) is -1.42. The maximum Gasteiger partial charge on any atom is 0.342 e. The lowest BCUT2D eigenvalue weighted by Gasteiger charge is -2.09. The molecule has 2 rings (SSSR count). The molecule has 154 valence electrons. The molecule has 2 aromatic rings. The molecule has 0 aliphatic rings. The number of methoxy groups -OCH3 is 1. The van der Waals surface area contributed by atoms with Gasteiger partial charge in [0.15, 0.2) is 24.1 Å². The predicted molar refractivity (Wildman–Crippen MR) is 92.9 cm³/mol. The van der Waals surface area contributed by atoms with Crippen molar-refractivity contribution in [2.45, 2.75) is 0 Å². The number of ether oxygens (including phenoxy) is 2. The van der Waals surface area contributed by atoms with E-state index in [9.17, 15) is 32.7 Å². The molecule has 0 heterocycles. The normalized spacial score (nSPS) is 10.2. The number of rotatable bonds is 7. The number of amides is 2. The second-order valence-corrected chi connectivity index (χ2v) is 5.51. The van der Waals surface area contributed by atoms with Gasteiger partial charge in [0.2, 0.25) is 5.91 Å². The second kappa shape index (κ2) is 9.44. The summed E-state index contributed by atoms with van der Waals surface area (Å²) < 4.78 is 49.0. The quantitative estimate of drug-likeness (QED) is 0.472. The molecule has 0 bridgehead atoms. The fourth-order valence-electron chi connectivity index (χ4n) is 2.07. The number of carbonyl (C=O) groups excluding carboxylic acids is 3. The Morgan fingerprint density at radius 1 is 1.03 bits per heavy atom. The minimum atomic E-state index is -1.75. The molecule has 11 heteroatoms. The highest BCUT2D eigenvalue weighted by Gasteiger charge is 2.17. The van der Waals surface area contributed by atoms with Crippen molar-refractivity contribution in [1.82, 2.24) is 5.32 Å². The minimum absolute atomic E-state index is 0.204. The van der Waals surface area contributed by atoms with Gasteiger partial charge in [-0.15, -0.1) is 0 Å². The van der Waals surface area contributed by atoms with Gasteiger partial charge >= 0.3 is 5.97 Å². The van der Waals surface area contributed by atoms with Crippen LogP contribution < -0.4 is 15.4 Å². The first-order valence-electron chi connectivity index (χ1n) is 7.97. The van der Waals surface area contributed by atoms with Gasteiger partial charge in [0, 0.05) is 6.07 Å². The van der Waals surface area contributed by atoms with Crippen LogP contribution in [0.1, 0.15) is 10.4 Å². The zero-order chi connectivity index (χ0) is 21.6. The Morgan fingerprint density at radius 2 is 1.76 bits per heavy atom. The molecule has 0 atom stereocenters. The van der Waals surface area contributed by atoms with Gasteiger partial charge in [-0.1, -0.05) is 0 Å². The molecule has 0 saturated heterocycles. The Labute approximate surface area is 162 Å². The van der Waals surface area contributed by atoms with E-state index in [0.29, 0.717) is 11.8 Å². The van der Waals surface area contributed by atoms with Crippen molar-refractivity contribution in [2.24, 2.45) is 0 Å². The molecule has 0 aromatic heterocycles. The number of esters is 1. The lowest BCUT2D eigenvalue weighted by Crippen LogP contribution is -2.35. The third-order valence-electron chi connectivity index (χ3n) is 3.51. The van der Waals surface area contributed by atoms with Crippen molar-refractivity contribution in [1.29, 1.82) is 0 Å². The highest BCUT2D eigenvalue weighted by Crippen LogP contribution is 2.24. The van der Waals surface area contributed by atoms with Gasteiger partial charge < -0.3 is 25.2 Å². The summed E-state index contributed by atoms with van der Waals surface area (Å²) >= 11 is 0. The topological polar surface area (TPSA) is 114 Å². The molecule has 2 amide bonds. The molecule has 29 heavy (non-hydrogen) atoms. The highest BCUT2D eigenvalue weighted by atomic mass is 19.2. The van der Waals surface area contributed by atoms with Crippen molar-refractivity contribution in [3.05, 3.63) is 53.3 Å². The van der Waals surface area contributed by atoms with Gasteiger partial charge in [0.25, 0.3) is 5.91 Å². The summed E-state index contributed by atoms with van der Waals surface area (Å²) in [6.07, 6.45) is 0. The summed E-state index contributed by atoms with van der Waals surface area (Å²) in [5, 5.41) is 13.8. The number of phenols is 1. The van der Waals surface area contributed by atoms with Crippen LogP contribution in [-0.4, -0.2) is 43.2 Å². The molecule has 0 spiro atoms. The van der Waals surface area contributed by atoms with Crippen molar-refractivity contribution in [3.8, 4) is 11.5 Å². The summed E-state index contributed by atoms with van der Waals surface area (Å²) in [4.78, 5) is 35.2. The number of hydrogen-bond acceptors (Lipinski definition) is 6. The summed E-state index contributed by atoms with van der Waals surface area (Å²) in [5.74, 6) is -7.65. The van der Waals surface area contributed by atoms with Gasteiger partial charge in [0.05, 0.1) is 19.3 Å². The van der Waals surface area contributed by atoms with E-state index in [-0.39, 0.29) is 5.56 Å². The van der Waals surface area contributed by atoms with E-state index in [1.807, 2.05) is 5.32 Å². The van der Waals surface area contributed by atoms with E-state index in [0.717, 1.165) is 6.07 Å². The van der Waals surface area contributed by atoms with Crippen LogP contribution in [0.2, 0.25) is 0 Å². The Morgan fingerprint density at radius 3 is 2.41 bits per heavy atom. The SMILES string of the molecule is COc1ccc(C(=O)OCC(=O)NCC(=O)Nc2ccc(F)c(F)c2F)c(O)c1. The molecule has 0 aliphatic heterocycles. The van der Waals surface area contributed by atoms with Gasteiger partial charge in [-0.3, -0.25) is 9.59 Å². The van der Waals surface area contributed by atoms with Crippen LogP contribution in [0.25, 0.3) is 0 Å². The zero-order valence-electron chi connectivity index (χ0n) is 14.9. The molecule has 0 saturated carbocycles. The largest absolute Gasteiger partial charge is 0.507 e. The molecule has 0 aliphatic carbocycles. The van der Waals surface area contributed by atoms with Crippen LogP contribution in [-0.2, 0) is 14.3 Å². The Hall–Kier alpha value is -3.76. The van der Waals surface area contributed by atoms with Crippen LogP contribution in [0.15, 0.2) is 30.3 Å². The Kier molecular flexibility index (Phi) is 7.01. The van der Waals surface area contributed by atoms with Crippen molar-refractivity contribution < 1.29 is 42.1 Å². The lowest BCUT2D eigenvalue weighted by atomic mass is 10.2. The maximum atomic E-state index is 13.5. The van der Waals surface area contributed by atoms with Gasteiger partial charge in [-0.2, -0.15) is 0 Å². The van der Waals surface area contributed by atoms with E-state index in [1.54, 1.807) is 0 Å². The molecule has 8 nitrogen and oxygen atoms in total. The summed E-state index contributed by atoms with van der Waals surface area (Å²) in [5.41, 5.74) is -0.810. The van der Waals surface area contributed by atoms with Gasteiger partial charge in [0.1, 0.15) is 17.1 Å². The van der Waals surface area contributed by atoms with E-state index in [1.165, 1.54) is 25.3 Å². The van der Waals surface area contributed by atoms with E-state index < -0.39 is 59.8 Å². The van der Waals surface area contributed by atoms with Crippen LogP contribution in [0.3, 0.4) is 0 Å². The molecule has 0 fully saturated rings. The maximum absolute atomic E-state index is 13.5. The van der Waals surface area contributed by atoms with Crippen molar-refractivity contribution >= 4 is 23.5 Å². The lowest BCUT2D eigenvalue weighted by molar-refractivity contribution is -0.126. The average molecular weight is 412 g/mol. The Bertz CT molecular complexity index is 951. The monoisotopic (exact) mass is 412 g/mol. The molecular weight excluding hydrogens is 397 g/mol. The van der Waals surface area contributed by atoms with E-state index in [4.69, 9.17) is 9.47 Å². The first-order valence-corrected chi connectivity index (χ1v) is 7.97. The Balaban J connectivity index is 1.82. The number of halogens is 3. The second-order valence-electron chi connectivity index (χ2n) is 5.51. The van der Waals surface area contributed by atoms with Gasteiger partial charge in [-0.05, 0) is 24.3 Å². The third kappa shape index (κ3) is 5.61. The fraction of sp³-hybridized carbons (Fsp3) is 0.167. The van der Waals surface area contributed by atoms with Crippen LogP contribution in [0.4, 0.5) is 18.9 Å². The van der Waals surface area contributed by atoms with Crippen molar-refractivity contribution in [2.75, 3.05) is 25.6 Å². The van der Waals surface area contributed by atoms with E-state index in [2.05, 4.69) is 5.32 Å². The van der Waals surface area contributed by atoms with E-state index >= 15 is 0 Å². The smallest absolute Gasteiger partial charge is 0.342 e. The predicted octanol–water partition coefficient (Wildman–Crippen LogP) is 1.73. The molecule has 0 radical (unpaired) electrons. The number of anilines is 1. The third-order valence-corrected chi connectivity index (χ3v) is 3.51. The van der Waals surface area contributed by atoms with Gasteiger partial charge in [-0.25, -0.2) is 18.0 Å². The molecule has 3 N–H and O–H groups in total. The standard InChI is InChI=1S/C18H15F3N2O6/c1-28-9-2-3-10(13(24)6-9)18(27)29-8-15(26)22-7-14(25)23-12-5-4-11(19)16(20)17(12)21/h2-6,24H,7-8H2,1H3,(H,22,26)(H,23,25). The number of nitrogens with one attached hydrogen (secondary N) is 2. The summed E-state index contributed by atoms with van der Waals surface area (Å²) in [7, 11) is 1.37. The molecule has 0 unspecified atom stereocenters. The summed E-state index contributed by atoms with van der Waals surface area (Å²) in [6, 6.07) is 5.26. The number of hydrogen-bond donors (Lipinski definition) is 3. The molecular formula is C18H15F3N2O6. The van der Waals surface area contributed by atoms with Crippen LogP contribution in [0.5, 0.6) is 11.5 Å². The first kappa shape index (κ1) is 21.5. The van der Waals surface area contributed by atoms with Crippen LogP contribution >= 0.6 is 0 Å². The fourth-order valence-corrected chi connectivity index (χ4v) is 2.07. The number of benzene rings is 2. The number of aromatic hydroxyl groups is 1. The number of carbonyl (C=O) groups is 3. The van der Waals surface area contributed by atoms with Crippen LogP contribution in [0, 0.1) is 17.5 Å². The highest BCUT2D eigenvalue weighted by molar-refractivity contribution is 5.96. The zero-order valence-corrected chi connectivity index (χ0v) is 14.9. The first-order chi connectivity index (χ1) is 13.7. The minimum Gasteiger partial charge on any atom is -0.507 e. The van der Waals surface area contributed by atoms with Crippen molar-refractivity contribution in [3.63, 3.8) is 0 Å². The average Bonchev–Trinajstić information content (AvgIpc) is 2.70.